The van der Waals surface area contributed by atoms with Gasteiger partial charge in [-0.3, -0.25) is 4.79 Å². The zero-order valence-corrected chi connectivity index (χ0v) is 8.23. The number of carbonyl (C=O) groups excluding carboxylic acids is 1. The minimum Gasteiger partial charge on any atom is -0.329 e. The first-order chi connectivity index (χ1) is 6.79. The van der Waals surface area contributed by atoms with Gasteiger partial charge in [0.25, 0.3) is 0 Å². The summed E-state index contributed by atoms with van der Waals surface area (Å²) in [4.78, 5) is 12.5. The van der Waals surface area contributed by atoms with E-state index in [0.29, 0.717) is 12.3 Å². The van der Waals surface area contributed by atoms with Crippen LogP contribution >= 0.6 is 0 Å². The molecule has 0 unspecified atom stereocenters. The molecule has 74 valence electrons. The fourth-order valence-electron chi connectivity index (χ4n) is 1.83. The fourth-order valence-corrected chi connectivity index (χ4v) is 1.83. The lowest BCUT2D eigenvalue weighted by molar-refractivity contribution is -0.105. The Balaban J connectivity index is 2.03. The summed E-state index contributed by atoms with van der Waals surface area (Å²) in [5, 5.41) is 2.63. The molecule has 1 aromatic carbocycles. The lowest BCUT2D eigenvalue weighted by Gasteiger charge is -2.36. The summed E-state index contributed by atoms with van der Waals surface area (Å²) >= 11 is 0. The van der Waals surface area contributed by atoms with Gasteiger partial charge in [0, 0.05) is 24.7 Å². The molecule has 1 aliphatic heterocycles. The van der Waals surface area contributed by atoms with E-state index in [-0.39, 0.29) is 0 Å². The normalized spacial score (nSPS) is 17.5. The summed E-state index contributed by atoms with van der Waals surface area (Å²) in [7, 11) is 2.12. The van der Waals surface area contributed by atoms with Crippen LogP contribution in [0.25, 0.3) is 0 Å². The highest BCUT2D eigenvalue weighted by Crippen LogP contribution is 2.26. The predicted molar refractivity (Wildman–Crippen MR) is 56.4 cm³/mol. The van der Waals surface area contributed by atoms with E-state index in [1.54, 1.807) is 0 Å². The number of likely N-dealkylation sites (tertiary alicyclic amines) is 1. The molecule has 1 N–H and O–H groups in total. The van der Waals surface area contributed by atoms with E-state index >= 15 is 0 Å². The molecule has 1 aliphatic rings. The molecule has 0 saturated carbocycles. The highest BCUT2D eigenvalue weighted by Gasteiger charge is 2.24. The second kappa shape index (κ2) is 3.80. The number of rotatable bonds is 3. The van der Waals surface area contributed by atoms with Gasteiger partial charge in [-0.25, -0.2) is 0 Å². The molecule has 1 fully saturated rings. The number of hydrogen-bond acceptors (Lipinski definition) is 2. The standard InChI is InChI=1S/C11H14N2O/c1-13-6-10(7-13)9-2-4-11(5-3-9)12-8-14/h2-5,8,10H,6-7H2,1H3,(H,12,14). The van der Waals surface area contributed by atoms with Gasteiger partial charge in [-0.05, 0) is 24.7 Å². The number of anilines is 1. The molecule has 1 aromatic rings. The smallest absolute Gasteiger partial charge is 0.211 e. The van der Waals surface area contributed by atoms with Gasteiger partial charge in [-0.2, -0.15) is 0 Å². The molecule has 0 spiro atoms. The van der Waals surface area contributed by atoms with Crippen LogP contribution in [0.1, 0.15) is 11.5 Å². The SMILES string of the molecule is CN1CC(c2ccc(NC=O)cc2)C1. The van der Waals surface area contributed by atoms with Gasteiger partial charge in [-0.15, -0.1) is 0 Å². The van der Waals surface area contributed by atoms with E-state index in [2.05, 4.69) is 29.4 Å². The summed E-state index contributed by atoms with van der Waals surface area (Å²) in [5.74, 6) is 0.672. The Morgan fingerprint density at radius 3 is 2.50 bits per heavy atom. The lowest BCUT2D eigenvalue weighted by Crippen LogP contribution is -2.41. The van der Waals surface area contributed by atoms with E-state index in [0.717, 1.165) is 18.8 Å². The molecule has 0 bridgehead atoms. The van der Waals surface area contributed by atoms with Crippen LogP contribution in [-0.2, 0) is 4.79 Å². The Labute approximate surface area is 83.7 Å². The van der Waals surface area contributed by atoms with Crippen molar-refractivity contribution < 1.29 is 4.79 Å². The molecule has 2 rings (SSSR count). The van der Waals surface area contributed by atoms with E-state index < -0.39 is 0 Å². The van der Waals surface area contributed by atoms with E-state index in [9.17, 15) is 4.79 Å². The molecular weight excluding hydrogens is 176 g/mol. The van der Waals surface area contributed by atoms with Crippen molar-refractivity contribution in [3.63, 3.8) is 0 Å². The van der Waals surface area contributed by atoms with Crippen LogP contribution in [0.2, 0.25) is 0 Å². The number of nitrogens with zero attached hydrogens (tertiary/aromatic N) is 1. The van der Waals surface area contributed by atoms with Crippen molar-refractivity contribution in [3.8, 4) is 0 Å². The van der Waals surface area contributed by atoms with Gasteiger partial charge < -0.3 is 10.2 Å². The van der Waals surface area contributed by atoms with Gasteiger partial charge in [0.1, 0.15) is 0 Å². The van der Waals surface area contributed by atoms with Crippen LogP contribution in [0.5, 0.6) is 0 Å². The first kappa shape index (κ1) is 9.21. The van der Waals surface area contributed by atoms with Crippen LogP contribution in [0, 0.1) is 0 Å². The molecule has 0 radical (unpaired) electrons. The number of benzene rings is 1. The first-order valence-electron chi connectivity index (χ1n) is 4.78. The Kier molecular flexibility index (Phi) is 2.50. The highest BCUT2D eigenvalue weighted by molar-refractivity contribution is 5.71. The molecular formula is C11H14N2O. The molecule has 3 nitrogen and oxygen atoms in total. The van der Waals surface area contributed by atoms with Gasteiger partial charge >= 0.3 is 0 Å². The fraction of sp³-hybridized carbons (Fsp3) is 0.364. The van der Waals surface area contributed by atoms with Crippen LogP contribution in [0.3, 0.4) is 0 Å². The average molecular weight is 190 g/mol. The summed E-state index contributed by atoms with van der Waals surface area (Å²) in [5.41, 5.74) is 2.22. The summed E-state index contributed by atoms with van der Waals surface area (Å²) in [6.45, 7) is 2.28. The topological polar surface area (TPSA) is 32.3 Å². The molecule has 0 atom stereocenters. The number of likely N-dealkylation sites (N-methyl/N-ethyl adjacent to an activating group) is 1. The van der Waals surface area contributed by atoms with Crippen LogP contribution in [0.4, 0.5) is 5.69 Å². The summed E-state index contributed by atoms with van der Waals surface area (Å²) < 4.78 is 0. The first-order valence-corrected chi connectivity index (χ1v) is 4.78. The maximum absolute atomic E-state index is 10.2. The number of amides is 1. The molecule has 14 heavy (non-hydrogen) atoms. The van der Waals surface area contributed by atoms with Crippen LogP contribution in [0.15, 0.2) is 24.3 Å². The minimum atomic E-state index is 0.672. The van der Waals surface area contributed by atoms with Gasteiger partial charge in [0.15, 0.2) is 0 Å². The van der Waals surface area contributed by atoms with E-state index in [1.807, 2.05) is 12.1 Å². The Hall–Kier alpha value is -1.35. The maximum atomic E-state index is 10.2. The van der Waals surface area contributed by atoms with Gasteiger partial charge in [-0.1, -0.05) is 12.1 Å². The summed E-state index contributed by atoms with van der Waals surface area (Å²) in [6, 6.07) is 8.07. The molecule has 1 heterocycles. The second-order valence-electron chi connectivity index (χ2n) is 3.80. The molecule has 3 heteroatoms. The van der Waals surface area contributed by atoms with Crippen molar-refractivity contribution in [2.24, 2.45) is 0 Å². The molecule has 0 aromatic heterocycles. The highest BCUT2D eigenvalue weighted by atomic mass is 16.1. The summed E-state index contributed by atoms with van der Waals surface area (Å²) in [6.07, 6.45) is 0.701. The van der Waals surface area contributed by atoms with Crippen molar-refractivity contribution in [2.45, 2.75) is 5.92 Å². The van der Waals surface area contributed by atoms with Crippen molar-refractivity contribution in [3.05, 3.63) is 29.8 Å². The minimum absolute atomic E-state index is 0.672. The Bertz CT molecular complexity index is 315. The predicted octanol–water partition coefficient (Wildman–Crippen LogP) is 1.28. The molecule has 1 saturated heterocycles. The van der Waals surface area contributed by atoms with E-state index in [4.69, 9.17) is 0 Å². The monoisotopic (exact) mass is 190 g/mol. The molecule has 0 aliphatic carbocycles. The number of hydrogen-bond donors (Lipinski definition) is 1. The van der Waals surface area contributed by atoms with E-state index in [1.165, 1.54) is 5.56 Å². The van der Waals surface area contributed by atoms with Gasteiger partial charge in [0.2, 0.25) is 6.41 Å². The third-order valence-corrected chi connectivity index (χ3v) is 2.67. The lowest BCUT2D eigenvalue weighted by atomic mass is 9.92. The third-order valence-electron chi connectivity index (χ3n) is 2.67. The molecule has 1 amide bonds. The largest absolute Gasteiger partial charge is 0.329 e. The average Bonchev–Trinajstić information content (AvgIpc) is 2.15. The number of nitrogens with one attached hydrogen (secondary N) is 1. The van der Waals surface area contributed by atoms with Gasteiger partial charge in [0.05, 0.1) is 0 Å². The van der Waals surface area contributed by atoms with Crippen molar-refractivity contribution in [1.82, 2.24) is 4.90 Å². The third kappa shape index (κ3) is 1.77. The Morgan fingerprint density at radius 1 is 1.36 bits per heavy atom. The zero-order valence-electron chi connectivity index (χ0n) is 8.23. The maximum Gasteiger partial charge on any atom is 0.211 e. The van der Waals surface area contributed by atoms with Crippen molar-refractivity contribution in [1.29, 1.82) is 0 Å². The number of carbonyl (C=O) groups is 1. The van der Waals surface area contributed by atoms with Crippen LogP contribution < -0.4 is 5.32 Å². The quantitative estimate of drug-likeness (QED) is 0.728. The van der Waals surface area contributed by atoms with Crippen molar-refractivity contribution >= 4 is 12.1 Å². The van der Waals surface area contributed by atoms with Crippen molar-refractivity contribution in [2.75, 3.05) is 25.5 Å². The van der Waals surface area contributed by atoms with Crippen LogP contribution in [-0.4, -0.2) is 31.4 Å². The zero-order chi connectivity index (χ0) is 9.97. The Morgan fingerprint density at radius 2 is 2.00 bits per heavy atom. The second-order valence-corrected chi connectivity index (χ2v) is 3.80.